The molecule has 2 aromatic rings. The molecule has 0 saturated carbocycles. The zero-order valence-corrected chi connectivity index (χ0v) is 14.5. The maximum absolute atomic E-state index is 11.8. The molecule has 2 aromatic heterocycles. The van der Waals surface area contributed by atoms with Crippen molar-refractivity contribution in [3.05, 3.63) is 28.7 Å². The van der Waals surface area contributed by atoms with Gasteiger partial charge in [-0.1, -0.05) is 6.92 Å². The molecule has 0 radical (unpaired) electrons. The number of carbonyl (C=O) groups excluding carboxylic acids is 1. The third-order valence-electron chi connectivity index (χ3n) is 3.97. The summed E-state index contributed by atoms with van der Waals surface area (Å²) in [5.74, 6) is 2.00. The van der Waals surface area contributed by atoms with E-state index < -0.39 is 0 Å². The molecule has 122 valence electrons. The van der Waals surface area contributed by atoms with Crippen molar-refractivity contribution in [1.82, 2.24) is 19.9 Å². The van der Waals surface area contributed by atoms with E-state index in [2.05, 4.69) is 20.3 Å². The first kappa shape index (κ1) is 15.9. The third kappa shape index (κ3) is 3.67. The lowest BCUT2D eigenvalue weighted by Crippen LogP contribution is -2.27. The van der Waals surface area contributed by atoms with Crippen LogP contribution in [0.5, 0.6) is 0 Å². The van der Waals surface area contributed by atoms with Crippen LogP contribution in [0.1, 0.15) is 42.9 Å². The Labute approximate surface area is 140 Å². The molecular weight excluding hydrogens is 310 g/mol. The van der Waals surface area contributed by atoms with Crippen molar-refractivity contribution in [3.8, 4) is 0 Å². The molecule has 0 aliphatic carbocycles. The number of likely N-dealkylation sites (tertiary alicyclic amines) is 1. The van der Waals surface area contributed by atoms with Crippen LogP contribution < -0.4 is 5.32 Å². The van der Waals surface area contributed by atoms with Crippen LogP contribution in [0.25, 0.3) is 0 Å². The molecule has 0 aromatic carbocycles. The van der Waals surface area contributed by atoms with E-state index in [-0.39, 0.29) is 11.8 Å². The number of hydrogen-bond donors (Lipinski definition) is 1. The Kier molecular flexibility index (Phi) is 4.56. The summed E-state index contributed by atoms with van der Waals surface area (Å²) in [7, 11) is 0. The minimum Gasteiger partial charge on any atom is -0.342 e. The molecule has 23 heavy (non-hydrogen) atoms. The van der Waals surface area contributed by atoms with Gasteiger partial charge in [-0.3, -0.25) is 4.79 Å². The highest BCUT2D eigenvalue weighted by Crippen LogP contribution is 2.28. The molecular formula is C16H21N5OS. The van der Waals surface area contributed by atoms with Crippen LogP contribution in [0.3, 0.4) is 0 Å². The Bertz CT molecular complexity index is 714. The summed E-state index contributed by atoms with van der Waals surface area (Å²) >= 11 is 1.56. The Morgan fingerprint density at radius 1 is 1.39 bits per heavy atom. The number of anilines is 2. The summed E-state index contributed by atoms with van der Waals surface area (Å²) in [5.41, 5.74) is 1.99. The predicted molar refractivity (Wildman–Crippen MR) is 91.1 cm³/mol. The van der Waals surface area contributed by atoms with Gasteiger partial charge in [0.15, 0.2) is 5.13 Å². The minimum atomic E-state index is 0.217. The molecule has 3 rings (SSSR count). The number of amides is 1. The van der Waals surface area contributed by atoms with Crippen molar-refractivity contribution in [2.24, 2.45) is 0 Å². The van der Waals surface area contributed by atoms with E-state index in [1.807, 2.05) is 37.1 Å². The second-order valence-corrected chi connectivity index (χ2v) is 6.68. The Balaban J connectivity index is 1.77. The monoisotopic (exact) mass is 331 g/mol. The van der Waals surface area contributed by atoms with Gasteiger partial charge in [0.05, 0.1) is 11.4 Å². The van der Waals surface area contributed by atoms with E-state index in [1.165, 1.54) is 0 Å². The largest absolute Gasteiger partial charge is 0.342 e. The zero-order chi connectivity index (χ0) is 16.4. The molecule has 1 unspecified atom stereocenters. The number of aryl methyl sites for hydroxylation is 2. The van der Waals surface area contributed by atoms with E-state index in [4.69, 9.17) is 0 Å². The third-order valence-corrected chi connectivity index (χ3v) is 4.85. The second kappa shape index (κ2) is 6.62. The van der Waals surface area contributed by atoms with Crippen LogP contribution >= 0.6 is 11.3 Å². The van der Waals surface area contributed by atoms with Gasteiger partial charge >= 0.3 is 0 Å². The number of aromatic nitrogens is 3. The van der Waals surface area contributed by atoms with Crippen molar-refractivity contribution < 1.29 is 4.79 Å². The van der Waals surface area contributed by atoms with Gasteiger partial charge < -0.3 is 10.2 Å². The highest BCUT2D eigenvalue weighted by molar-refractivity contribution is 7.13. The number of thiazole rings is 1. The van der Waals surface area contributed by atoms with Gasteiger partial charge in [-0.2, -0.15) is 0 Å². The number of nitrogens with zero attached hydrogens (tertiary/aromatic N) is 4. The number of nitrogens with one attached hydrogen (secondary N) is 1. The SMILES string of the molecule is CCC(=O)N1CCC(c2cc(Nc3nc(C)cs3)nc(C)n2)C1. The normalized spacial score (nSPS) is 17.5. The van der Waals surface area contributed by atoms with Crippen molar-refractivity contribution in [1.29, 1.82) is 0 Å². The van der Waals surface area contributed by atoms with Crippen LogP contribution in [0.15, 0.2) is 11.4 Å². The van der Waals surface area contributed by atoms with Gasteiger partial charge in [0.1, 0.15) is 11.6 Å². The van der Waals surface area contributed by atoms with Crippen LogP contribution in [0.2, 0.25) is 0 Å². The molecule has 1 aliphatic heterocycles. The maximum atomic E-state index is 11.8. The molecule has 0 spiro atoms. The van der Waals surface area contributed by atoms with Gasteiger partial charge in [-0.15, -0.1) is 11.3 Å². The molecule has 1 aliphatic rings. The van der Waals surface area contributed by atoms with Gasteiger partial charge in [-0.05, 0) is 20.3 Å². The van der Waals surface area contributed by atoms with Gasteiger partial charge in [0, 0.05) is 36.9 Å². The smallest absolute Gasteiger partial charge is 0.222 e. The van der Waals surface area contributed by atoms with E-state index in [0.717, 1.165) is 47.7 Å². The molecule has 3 heterocycles. The highest BCUT2D eigenvalue weighted by Gasteiger charge is 2.27. The van der Waals surface area contributed by atoms with E-state index >= 15 is 0 Å². The Morgan fingerprint density at radius 2 is 2.22 bits per heavy atom. The standard InChI is InChI=1S/C16H21N5OS/c1-4-15(22)21-6-5-12(8-21)13-7-14(19-11(3)18-13)20-16-17-10(2)9-23-16/h7,9,12H,4-6,8H2,1-3H3,(H,17,18,19,20). The lowest BCUT2D eigenvalue weighted by Gasteiger charge is -2.16. The van der Waals surface area contributed by atoms with Gasteiger partial charge in [0.2, 0.25) is 5.91 Å². The maximum Gasteiger partial charge on any atom is 0.222 e. The first-order chi connectivity index (χ1) is 11.0. The molecule has 6 nitrogen and oxygen atoms in total. The van der Waals surface area contributed by atoms with Crippen LogP contribution in [0.4, 0.5) is 10.9 Å². The molecule has 1 N–H and O–H groups in total. The molecule has 7 heteroatoms. The van der Waals surface area contributed by atoms with Crippen molar-refractivity contribution in [3.63, 3.8) is 0 Å². The first-order valence-electron chi connectivity index (χ1n) is 7.87. The first-order valence-corrected chi connectivity index (χ1v) is 8.75. The summed E-state index contributed by atoms with van der Waals surface area (Å²) in [4.78, 5) is 27.2. The molecule has 0 bridgehead atoms. The predicted octanol–water partition coefficient (Wildman–Crippen LogP) is 3.02. The van der Waals surface area contributed by atoms with Crippen LogP contribution in [-0.4, -0.2) is 38.8 Å². The molecule has 1 amide bonds. The van der Waals surface area contributed by atoms with Crippen LogP contribution in [-0.2, 0) is 4.79 Å². The number of rotatable bonds is 4. The summed E-state index contributed by atoms with van der Waals surface area (Å²) in [5, 5.41) is 6.09. The van der Waals surface area contributed by atoms with Crippen molar-refractivity contribution in [2.75, 3.05) is 18.4 Å². The van der Waals surface area contributed by atoms with E-state index in [0.29, 0.717) is 6.42 Å². The fourth-order valence-electron chi connectivity index (χ4n) is 2.84. The Hall–Kier alpha value is -2.02. The number of carbonyl (C=O) groups is 1. The average Bonchev–Trinajstić information content (AvgIpc) is 3.15. The van der Waals surface area contributed by atoms with Gasteiger partial charge in [-0.25, -0.2) is 15.0 Å². The lowest BCUT2D eigenvalue weighted by atomic mass is 10.0. The summed E-state index contributed by atoms with van der Waals surface area (Å²) < 4.78 is 0. The quantitative estimate of drug-likeness (QED) is 0.932. The number of hydrogen-bond acceptors (Lipinski definition) is 6. The molecule has 1 saturated heterocycles. The van der Waals surface area contributed by atoms with Crippen molar-refractivity contribution in [2.45, 2.75) is 39.5 Å². The lowest BCUT2D eigenvalue weighted by molar-refractivity contribution is -0.129. The Morgan fingerprint density at radius 3 is 2.91 bits per heavy atom. The average molecular weight is 331 g/mol. The second-order valence-electron chi connectivity index (χ2n) is 5.82. The van der Waals surface area contributed by atoms with Gasteiger partial charge in [0.25, 0.3) is 0 Å². The minimum absolute atomic E-state index is 0.217. The van der Waals surface area contributed by atoms with Crippen molar-refractivity contribution >= 4 is 28.2 Å². The fourth-order valence-corrected chi connectivity index (χ4v) is 3.53. The fraction of sp³-hybridized carbons (Fsp3) is 0.500. The summed E-state index contributed by atoms with van der Waals surface area (Å²) in [6, 6.07) is 1.98. The van der Waals surface area contributed by atoms with Crippen LogP contribution in [0, 0.1) is 13.8 Å². The molecule has 1 atom stereocenters. The molecule has 1 fully saturated rings. The topological polar surface area (TPSA) is 71.0 Å². The summed E-state index contributed by atoms with van der Waals surface area (Å²) in [6.45, 7) is 7.33. The van der Waals surface area contributed by atoms with E-state index in [9.17, 15) is 4.79 Å². The highest BCUT2D eigenvalue weighted by atomic mass is 32.1. The van der Waals surface area contributed by atoms with E-state index in [1.54, 1.807) is 11.3 Å². The summed E-state index contributed by atoms with van der Waals surface area (Å²) in [6.07, 6.45) is 1.52. The zero-order valence-electron chi connectivity index (χ0n) is 13.7.